The van der Waals surface area contributed by atoms with Crippen LogP contribution in [0.5, 0.6) is 0 Å². The molecule has 0 saturated heterocycles. The van der Waals surface area contributed by atoms with E-state index in [2.05, 4.69) is 27.8 Å². The van der Waals surface area contributed by atoms with Gasteiger partial charge in [0, 0.05) is 17.8 Å². The van der Waals surface area contributed by atoms with Gasteiger partial charge in [0.2, 0.25) is 0 Å². The number of rotatable bonds is 6. The van der Waals surface area contributed by atoms with Crippen molar-refractivity contribution in [3.63, 3.8) is 0 Å². The first-order valence-electron chi connectivity index (χ1n) is 8.05. The lowest BCUT2D eigenvalue weighted by atomic mass is 10.1. The molecule has 6 nitrogen and oxygen atoms in total. The van der Waals surface area contributed by atoms with E-state index in [1.54, 1.807) is 13.1 Å². The third-order valence-electron chi connectivity index (χ3n) is 3.95. The molecule has 1 atom stereocenters. The van der Waals surface area contributed by atoms with Gasteiger partial charge in [0.25, 0.3) is 0 Å². The SMILES string of the molecule is COC(=O)C(C)n1cc(-c2cccc(NCc3ccccc3)c2)nn1. The highest BCUT2D eigenvalue weighted by molar-refractivity contribution is 5.73. The molecule has 6 heteroatoms. The van der Waals surface area contributed by atoms with E-state index in [-0.39, 0.29) is 5.97 Å². The first-order chi connectivity index (χ1) is 12.2. The predicted octanol–water partition coefficient (Wildman–Crippen LogP) is 3.29. The predicted molar refractivity (Wildman–Crippen MR) is 96.0 cm³/mol. The smallest absolute Gasteiger partial charge is 0.330 e. The van der Waals surface area contributed by atoms with E-state index >= 15 is 0 Å². The number of anilines is 1. The van der Waals surface area contributed by atoms with Gasteiger partial charge in [0.1, 0.15) is 11.7 Å². The number of nitrogens with zero attached hydrogens (tertiary/aromatic N) is 3. The van der Waals surface area contributed by atoms with Crippen molar-refractivity contribution >= 4 is 11.7 Å². The second-order valence-electron chi connectivity index (χ2n) is 5.70. The quantitative estimate of drug-likeness (QED) is 0.700. The second kappa shape index (κ2) is 7.61. The van der Waals surface area contributed by atoms with Crippen LogP contribution in [0, 0.1) is 0 Å². The van der Waals surface area contributed by atoms with Gasteiger partial charge in [-0.3, -0.25) is 0 Å². The van der Waals surface area contributed by atoms with Crippen LogP contribution in [0.2, 0.25) is 0 Å². The van der Waals surface area contributed by atoms with Crippen LogP contribution in [0.15, 0.2) is 60.8 Å². The molecule has 1 aromatic heterocycles. The standard InChI is InChI=1S/C19H20N4O2/c1-14(19(24)25-2)23-13-18(21-22-23)16-9-6-10-17(11-16)20-12-15-7-4-3-5-8-15/h3-11,13-14,20H,12H2,1-2H3. The van der Waals surface area contributed by atoms with Crippen LogP contribution in [0.4, 0.5) is 5.69 Å². The lowest BCUT2D eigenvalue weighted by Crippen LogP contribution is -2.18. The van der Waals surface area contributed by atoms with Gasteiger partial charge in [0.15, 0.2) is 0 Å². The van der Waals surface area contributed by atoms with Crippen LogP contribution in [0.3, 0.4) is 0 Å². The molecule has 3 rings (SSSR count). The van der Waals surface area contributed by atoms with E-state index in [0.29, 0.717) is 5.69 Å². The molecule has 0 aliphatic heterocycles. The van der Waals surface area contributed by atoms with Crippen LogP contribution in [-0.2, 0) is 16.1 Å². The summed E-state index contributed by atoms with van der Waals surface area (Å²) in [5.74, 6) is -0.352. The lowest BCUT2D eigenvalue weighted by molar-refractivity contribution is -0.144. The Kier molecular flexibility index (Phi) is 5.09. The second-order valence-corrected chi connectivity index (χ2v) is 5.70. The Morgan fingerprint density at radius 3 is 2.76 bits per heavy atom. The number of benzene rings is 2. The topological polar surface area (TPSA) is 69.0 Å². The fourth-order valence-corrected chi connectivity index (χ4v) is 2.47. The number of nitrogens with one attached hydrogen (secondary N) is 1. The average molecular weight is 336 g/mol. The van der Waals surface area contributed by atoms with Crippen molar-refractivity contribution in [3.05, 3.63) is 66.4 Å². The molecule has 2 aromatic carbocycles. The summed E-state index contributed by atoms with van der Waals surface area (Å²) in [6, 6.07) is 17.6. The highest BCUT2D eigenvalue weighted by Crippen LogP contribution is 2.22. The highest BCUT2D eigenvalue weighted by atomic mass is 16.5. The first kappa shape index (κ1) is 16.7. The van der Waals surface area contributed by atoms with Gasteiger partial charge in [-0.15, -0.1) is 5.10 Å². The molecule has 0 saturated carbocycles. The molecular formula is C19H20N4O2. The summed E-state index contributed by atoms with van der Waals surface area (Å²) in [5.41, 5.74) is 3.85. The number of carbonyl (C=O) groups is 1. The minimum Gasteiger partial charge on any atom is -0.467 e. The number of methoxy groups -OCH3 is 1. The molecule has 0 spiro atoms. The van der Waals surface area contributed by atoms with Crippen LogP contribution in [0.1, 0.15) is 18.5 Å². The Hall–Kier alpha value is -3.15. The lowest BCUT2D eigenvalue weighted by Gasteiger charge is -2.08. The maximum Gasteiger partial charge on any atom is 0.330 e. The third kappa shape index (κ3) is 4.03. The van der Waals surface area contributed by atoms with E-state index in [1.165, 1.54) is 17.4 Å². The Morgan fingerprint density at radius 1 is 1.20 bits per heavy atom. The number of hydrogen-bond donors (Lipinski definition) is 1. The van der Waals surface area contributed by atoms with Gasteiger partial charge in [-0.2, -0.15) is 0 Å². The Morgan fingerprint density at radius 2 is 2.00 bits per heavy atom. The molecule has 0 aliphatic carbocycles. The van der Waals surface area contributed by atoms with Crippen molar-refractivity contribution in [2.45, 2.75) is 19.5 Å². The molecule has 128 valence electrons. The summed E-state index contributed by atoms with van der Waals surface area (Å²) in [6.07, 6.45) is 1.75. The van der Waals surface area contributed by atoms with Gasteiger partial charge >= 0.3 is 5.97 Å². The first-order valence-corrected chi connectivity index (χ1v) is 8.05. The minimum absolute atomic E-state index is 0.352. The fourth-order valence-electron chi connectivity index (χ4n) is 2.47. The monoisotopic (exact) mass is 336 g/mol. The summed E-state index contributed by atoms with van der Waals surface area (Å²) < 4.78 is 6.24. The largest absolute Gasteiger partial charge is 0.467 e. The van der Waals surface area contributed by atoms with Crippen molar-refractivity contribution in [1.82, 2.24) is 15.0 Å². The van der Waals surface area contributed by atoms with Gasteiger partial charge in [-0.25, -0.2) is 9.48 Å². The summed E-state index contributed by atoms with van der Waals surface area (Å²) in [7, 11) is 1.36. The molecule has 0 radical (unpaired) electrons. The van der Waals surface area contributed by atoms with Crippen molar-refractivity contribution in [1.29, 1.82) is 0 Å². The molecule has 1 N–H and O–H groups in total. The zero-order chi connectivity index (χ0) is 17.6. The number of carbonyl (C=O) groups excluding carboxylic acids is 1. The number of esters is 1. The van der Waals surface area contributed by atoms with E-state index < -0.39 is 6.04 Å². The van der Waals surface area contributed by atoms with Crippen LogP contribution < -0.4 is 5.32 Å². The van der Waals surface area contributed by atoms with Gasteiger partial charge in [-0.05, 0) is 24.6 Å². The number of hydrogen-bond acceptors (Lipinski definition) is 5. The maximum atomic E-state index is 11.6. The maximum absolute atomic E-state index is 11.6. The zero-order valence-corrected chi connectivity index (χ0v) is 14.2. The van der Waals surface area contributed by atoms with E-state index in [9.17, 15) is 4.79 Å². The fraction of sp³-hybridized carbons (Fsp3) is 0.211. The Bertz CT molecular complexity index is 845. The average Bonchev–Trinajstić information content (AvgIpc) is 3.16. The summed E-state index contributed by atoms with van der Waals surface area (Å²) in [4.78, 5) is 11.6. The highest BCUT2D eigenvalue weighted by Gasteiger charge is 2.17. The normalized spacial score (nSPS) is 11.8. The molecule has 3 aromatic rings. The van der Waals surface area contributed by atoms with E-state index in [0.717, 1.165) is 17.8 Å². The van der Waals surface area contributed by atoms with Crippen LogP contribution in [-0.4, -0.2) is 28.1 Å². The van der Waals surface area contributed by atoms with Crippen LogP contribution in [0.25, 0.3) is 11.3 Å². The molecule has 1 unspecified atom stereocenters. The summed E-state index contributed by atoms with van der Waals surface area (Å²) in [5, 5.41) is 11.6. The zero-order valence-electron chi connectivity index (χ0n) is 14.2. The molecular weight excluding hydrogens is 316 g/mol. The van der Waals surface area contributed by atoms with Crippen molar-refractivity contribution in [2.24, 2.45) is 0 Å². The molecule has 25 heavy (non-hydrogen) atoms. The Labute approximate surface area is 146 Å². The molecule has 0 fully saturated rings. The van der Waals surface area contributed by atoms with Gasteiger partial charge < -0.3 is 10.1 Å². The Balaban J connectivity index is 1.73. The summed E-state index contributed by atoms with van der Waals surface area (Å²) in [6.45, 7) is 2.47. The van der Waals surface area contributed by atoms with Gasteiger partial charge in [-0.1, -0.05) is 47.7 Å². The summed E-state index contributed by atoms with van der Waals surface area (Å²) >= 11 is 0. The van der Waals surface area contributed by atoms with E-state index in [4.69, 9.17) is 4.74 Å². The molecule has 0 aliphatic rings. The van der Waals surface area contributed by atoms with Crippen molar-refractivity contribution in [3.8, 4) is 11.3 Å². The van der Waals surface area contributed by atoms with Crippen molar-refractivity contribution < 1.29 is 9.53 Å². The van der Waals surface area contributed by atoms with Crippen LogP contribution >= 0.6 is 0 Å². The van der Waals surface area contributed by atoms with Gasteiger partial charge in [0.05, 0.1) is 13.3 Å². The third-order valence-corrected chi connectivity index (χ3v) is 3.95. The van der Waals surface area contributed by atoms with E-state index in [1.807, 2.05) is 42.5 Å². The number of ether oxygens (including phenoxy) is 1. The number of aromatic nitrogens is 3. The minimum atomic E-state index is -0.509. The molecule has 0 bridgehead atoms. The molecule has 0 amide bonds. The van der Waals surface area contributed by atoms with Crippen molar-refractivity contribution in [2.75, 3.05) is 12.4 Å². The molecule has 1 heterocycles.